The van der Waals surface area contributed by atoms with Crippen LogP contribution < -0.4 is 5.73 Å². The van der Waals surface area contributed by atoms with Gasteiger partial charge < -0.3 is 36.0 Å². The highest BCUT2D eigenvalue weighted by Crippen LogP contribution is 2.21. The van der Waals surface area contributed by atoms with Crippen LogP contribution in [0.4, 0.5) is 0 Å². The monoisotopic (exact) mass is 255 g/mol. The third kappa shape index (κ3) is 4.47. The Hall–Kier alpha value is -0.280. The van der Waals surface area contributed by atoms with Gasteiger partial charge in [0, 0.05) is 0 Å². The smallest absolute Gasteiger partial charge is 0.184 e. The molecule has 106 valence electrons. The van der Waals surface area contributed by atoms with E-state index in [4.69, 9.17) is 25.8 Å². The van der Waals surface area contributed by atoms with Crippen molar-refractivity contribution in [2.75, 3.05) is 6.61 Å². The van der Waals surface area contributed by atoms with Crippen molar-refractivity contribution in [3.63, 3.8) is 0 Å². The Labute approximate surface area is 101 Å². The lowest BCUT2D eigenvalue weighted by molar-refractivity contribution is -0.286. The molecule has 7 nitrogen and oxygen atoms in total. The van der Waals surface area contributed by atoms with Gasteiger partial charge in [-0.05, 0) is 0 Å². The maximum absolute atomic E-state index is 9.39. The molecule has 6 atom stereocenters. The van der Waals surface area contributed by atoms with Crippen LogP contribution >= 0.6 is 0 Å². The van der Waals surface area contributed by atoms with Gasteiger partial charge in [0.1, 0.15) is 24.4 Å². The number of ether oxygens (including phenoxy) is 1. The molecule has 1 rings (SSSR count). The molecule has 0 spiro atoms. The number of nitrogens with two attached hydrogens (primary N) is 1. The highest BCUT2D eigenvalue weighted by atomic mass is 16.6. The summed E-state index contributed by atoms with van der Waals surface area (Å²) in [5.74, 6) is 0. The van der Waals surface area contributed by atoms with Crippen molar-refractivity contribution in [2.24, 2.45) is 5.73 Å². The second-order valence-corrected chi connectivity index (χ2v) is 3.31. The number of hydrogen-bond donors (Lipinski definition) is 6. The fraction of sp³-hybridized carbons (Fsp3) is 1.00. The van der Waals surface area contributed by atoms with Gasteiger partial charge in [-0.2, -0.15) is 0 Å². The summed E-state index contributed by atoms with van der Waals surface area (Å²) in [6.45, 7) is 3.54. The minimum atomic E-state index is -1.61. The molecule has 1 saturated heterocycles. The fourth-order valence-corrected chi connectivity index (χ4v) is 1.35. The summed E-state index contributed by atoms with van der Waals surface area (Å²) >= 11 is 0. The number of hydrogen-bond acceptors (Lipinski definition) is 7. The van der Waals surface area contributed by atoms with Gasteiger partial charge in [0.05, 0.1) is 12.6 Å². The molecule has 0 bridgehead atoms. The van der Waals surface area contributed by atoms with Crippen LogP contribution in [0.5, 0.6) is 0 Å². The van der Waals surface area contributed by atoms with Crippen molar-refractivity contribution >= 4 is 0 Å². The van der Waals surface area contributed by atoms with E-state index in [1.165, 1.54) is 0 Å². The van der Waals surface area contributed by atoms with E-state index in [0.717, 1.165) is 0 Å². The minimum absolute atomic E-state index is 0. The van der Waals surface area contributed by atoms with Gasteiger partial charge >= 0.3 is 0 Å². The summed E-state index contributed by atoms with van der Waals surface area (Å²) in [6.07, 6.45) is -7.27. The highest BCUT2D eigenvalue weighted by molar-refractivity contribution is 4.92. The summed E-state index contributed by atoms with van der Waals surface area (Å²) in [6, 6.07) is -0.929. The Kier molecular flexibility index (Phi) is 9.82. The second-order valence-electron chi connectivity index (χ2n) is 3.31. The lowest BCUT2D eigenvalue weighted by Gasteiger charge is -2.40. The zero-order chi connectivity index (χ0) is 12.9. The van der Waals surface area contributed by atoms with E-state index in [0.29, 0.717) is 0 Å². The van der Waals surface area contributed by atoms with Crippen LogP contribution in [0.15, 0.2) is 0 Å². The number of aliphatic hydroxyl groups excluding tert-OH is 5. The largest absolute Gasteiger partial charge is 0.395 e. The highest BCUT2D eigenvalue weighted by Gasteiger charge is 2.44. The van der Waals surface area contributed by atoms with Gasteiger partial charge in [-0.1, -0.05) is 21.3 Å². The Morgan fingerprint density at radius 1 is 1.06 bits per heavy atom. The predicted molar refractivity (Wildman–Crippen MR) is 62.0 cm³/mol. The van der Waals surface area contributed by atoms with Crippen molar-refractivity contribution in [2.45, 2.75) is 58.0 Å². The summed E-state index contributed by atoms with van der Waals surface area (Å²) in [5, 5.41) is 45.5. The third-order valence-electron chi connectivity index (χ3n) is 2.26. The zero-order valence-electron chi connectivity index (χ0n) is 9.39. The van der Waals surface area contributed by atoms with E-state index in [9.17, 15) is 10.2 Å². The van der Waals surface area contributed by atoms with E-state index in [1.54, 1.807) is 0 Å². The van der Waals surface area contributed by atoms with Crippen molar-refractivity contribution < 1.29 is 30.3 Å². The van der Waals surface area contributed by atoms with E-state index in [-0.39, 0.29) is 7.43 Å². The first-order valence-electron chi connectivity index (χ1n) is 5.23. The lowest BCUT2D eigenvalue weighted by atomic mass is 9.95. The van der Waals surface area contributed by atoms with E-state index in [1.807, 2.05) is 13.8 Å². The Morgan fingerprint density at radius 2 is 1.53 bits per heavy atom. The Balaban J connectivity index is 0. The fourth-order valence-electron chi connectivity index (χ4n) is 1.35. The first-order valence-corrected chi connectivity index (χ1v) is 5.23. The molecule has 0 aromatic rings. The van der Waals surface area contributed by atoms with Gasteiger partial charge in [-0.25, -0.2) is 0 Å². The van der Waals surface area contributed by atoms with Crippen molar-refractivity contribution in [3.05, 3.63) is 0 Å². The molecule has 0 aromatic heterocycles. The number of rotatable bonds is 2. The zero-order valence-corrected chi connectivity index (χ0v) is 9.39. The first kappa shape index (κ1) is 19.1. The normalized spacial score (nSPS) is 38.5. The van der Waals surface area contributed by atoms with Crippen LogP contribution in [0.25, 0.3) is 0 Å². The average molecular weight is 255 g/mol. The molecule has 1 fully saturated rings. The number of aliphatic hydroxyl groups is 5. The topological polar surface area (TPSA) is 136 Å². The molecular weight excluding hydrogens is 230 g/mol. The van der Waals surface area contributed by atoms with Gasteiger partial charge in [-0.3, -0.25) is 0 Å². The van der Waals surface area contributed by atoms with Crippen LogP contribution in [0.1, 0.15) is 21.3 Å². The molecule has 6 unspecified atom stereocenters. The lowest BCUT2D eigenvalue weighted by Crippen LogP contribution is -2.62. The van der Waals surface area contributed by atoms with Crippen LogP contribution in [-0.2, 0) is 4.74 Å². The molecule has 1 aliphatic heterocycles. The SMILES string of the molecule is C.CC.NC(CO)C1OC(O)C(O)C(O)C1O. The molecule has 17 heavy (non-hydrogen) atoms. The van der Waals surface area contributed by atoms with Crippen LogP contribution in [0.3, 0.4) is 0 Å². The van der Waals surface area contributed by atoms with Gasteiger partial charge in [0.15, 0.2) is 6.29 Å². The maximum atomic E-state index is 9.39. The summed E-state index contributed by atoms with van der Waals surface area (Å²) < 4.78 is 4.74. The molecule has 7 N–H and O–H groups in total. The van der Waals surface area contributed by atoms with Gasteiger partial charge in [0.25, 0.3) is 0 Å². The summed E-state index contributed by atoms with van der Waals surface area (Å²) in [7, 11) is 0. The van der Waals surface area contributed by atoms with E-state index >= 15 is 0 Å². The van der Waals surface area contributed by atoms with Crippen molar-refractivity contribution in [1.82, 2.24) is 0 Å². The second kappa shape index (κ2) is 8.76. The van der Waals surface area contributed by atoms with Gasteiger partial charge in [0.2, 0.25) is 0 Å². The molecule has 0 radical (unpaired) electrons. The minimum Gasteiger partial charge on any atom is -0.395 e. The van der Waals surface area contributed by atoms with Crippen LogP contribution in [0.2, 0.25) is 0 Å². The van der Waals surface area contributed by atoms with E-state index in [2.05, 4.69) is 0 Å². The molecule has 0 aromatic carbocycles. The first-order chi connectivity index (χ1) is 7.49. The average Bonchev–Trinajstić information content (AvgIpc) is 2.32. The molecule has 0 aliphatic carbocycles. The van der Waals surface area contributed by atoms with Crippen LogP contribution in [0, 0.1) is 0 Å². The van der Waals surface area contributed by atoms with Gasteiger partial charge in [-0.15, -0.1) is 0 Å². The van der Waals surface area contributed by atoms with E-state index < -0.39 is 43.4 Å². The standard InChI is InChI=1S/C7H15NO6.C2H6.CH4/c8-2(1-9)6-4(11)3(10)5(12)7(13)14-6;1-2;/h2-7,9-13H,1,8H2;1-2H3;1H4. The molecule has 1 heterocycles. The predicted octanol–water partition coefficient (Wildman–Crippen LogP) is -2.23. The Bertz CT molecular complexity index is 194. The summed E-state index contributed by atoms with van der Waals surface area (Å²) in [4.78, 5) is 0. The molecule has 1 aliphatic rings. The Morgan fingerprint density at radius 3 is 1.94 bits per heavy atom. The molecule has 0 saturated carbocycles. The molecule has 0 amide bonds. The summed E-state index contributed by atoms with van der Waals surface area (Å²) in [5.41, 5.74) is 5.37. The van der Waals surface area contributed by atoms with Crippen LogP contribution in [-0.4, -0.2) is 68.9 Å². The molecule has 7 heteroatoms. The van der Waals surface area contributed by atoms with Crippen molar-refractivity contribution in [3.8, 4) is 0 Å². The molecular formula is C10H25NO6. The third-order valence-corrected chi connectivity index (χ3v) is 2.26. The van der Waals surface area contributed by atoms with Crippen molar-refractivity contribution in [1.29, 1.82) is 0 Å². The maximum Gasteiger partial charge on any atom is 0.184 e. The quantitative estimate of drug-likeness (QED) is 0.328.